The summed E-state index contributed by atoms with van der Waals surface area (Å²) in [5.41, 5.74) is 7.31. The number of allylic oxidation sites excluding steroid dienone is 2. The molecule has 5 rings (SSSR count). The Morgan fingerprint density at radius 2 is 1.51 bits per heavy atom. The van der Waals surface area contributed by atoms with Crippen molar-refractivity contribution in [2.75, 3.05) is 16.8 Å². The SMILES string of the molecule is O=C(O)CCNC(=O)c1ccc(CN(C(=O)Nc2cccc(-c3ccccc3)c2)c2ccc(C3=CCCCC3)cc2)cc1. The van der Waals surface area contributed by atoms with Crippen LogP contribution in [0.3, 0.4) is 0 Å². The Morgan fingerprint density at radius 1 is 0.767 bits per heavy atom. The summed E-state index contributed by atoms with van der Waals surface area (Å²) in [6, 6.07) is 32.6. The van der Waals surface area contributed by atoms with Gasteiger partial charge < -0.3 is 15.7 Å². The summed E-state index contributed by atoms with van der Waals surface area (Å²) in [5.74, 6) is -1.31. The topological polar surface area (TPSA) is 98.7 Å². The van der Waals surface area contributed by atoms with Gasteiger partial charge in [0.25, 0.3) is 5.91 Å². The fourth-order valence-electron chi connectivity index (χ4n) is 5.16. The number of carbonyl (C=O) groups is 3. The minimum absolute atomic E-state index is 0.0578. The zero-order valence-electron chi connectivity index (χ0n) is 24.0. The lowest BCUT2D eigenvalue weighted by Gasteiger charge is -2.24. The molecule has 4 aromatic rings. The van der Waals surface area contributed by atoms with Gasteiger partial charge in [-0.1, -0.05) is 72.8 Å². The zero-order valence-corrected chi connectivity index (χ0v) is 24.0. The number of carboxylic acids is 1. The average molecular weight is 574 g/mol. The Balaban J connectivity index is 1.36. The van der Waals surface area contributed by atoms with E-state index >= 15 is 0 Å². The highest BCUT2D eigenvalue weighted by Gasteiger charge is 2.18. The Bertz CT molecular complexity index is 1600. The van der Waals surface area contributed by atoms with E-state index in [1.807, 2.05) is 78.9 Å². The number of hydrogen-bond donors (Lipinski definition) is 3. The van der Waals surface area contributed by atoms with E-state index < -0.39 is 5.97 Å². The summed E-state index contributed by atoms with van der Waals surface area (Å²) in [5, 5.41) is 14.5. The lowest BCUT2D eigenvalue weighted by atomic mass is 9.93. The molecule has 0 fully saturated rings. The first-order valence-electron chi connectivity index (χ1n) is 14.6. The second-order valence-corrected chi connectivity index (χ2v) is 10.6. The maximum Gasteiger partial charge on any atom is 0.326 e. The molecule has 0 aromatic heterocycles. The quantitative estimate of drug-likeness (QED) is 0.181. The molecule has 3 amide bonds. The molecule has 43 heavy (non-hydrogen) atoms. The molecule has 0 bridgehead atoms. The molecule has 0 radical (unpaired) electrons. The molecule has 0 saturated carbocycles. The number of carbonyl (C=O) groups excluding carboxylic acids is 2. The predicted octanol–water partition coefficient (Wildman–Crippen LogP) is 7.75. The summed E-state index contributed by atoms with van der Waals surface area (Å²) < 4.78 is 0. The normalized spacial score (nSPS) is 12.6. The van der Waals surface area contributed by atoms with E-state index in [4.69, 9.17) is 5.11 Å². The van der Waals surface area contributed by atoms with Crippen LogP contribution in [0.15, 0.2) is 109 Å². The smallest absolute Gasteiger partial charge is 0.326 e. The Kier molecular flexibility index (Phi) is 9.64. The van der Waals surface area contributed by atoms with Gasteiger partial charge >= 0.3 is 12.0 Å². The number of benzene rings is 4. The van der Waals surface area contributed by atoms with Gasteiger partial charge in [-0.2, -0.15) is 0 Å². The number of rotatable bonds is 10. The van der Waals surface area contributed by atoms with E-state index in [9.17, 15) is 14.4 Å². The van der Waals surface area contributed by atoms with E-state index in [0.717, 1.165) is 35.2 Å². The van der Waals surface area contributed by atoms with Crippen molar-refractivity contribution in [2.45, 2.75) is 38.6 Å². The molecule has 7 heteroatoms. The van der Waals surface area contributed by atoms with Crippen molar-refractivity contribution >= 4 is 34.9 Å². The maximum absolute atomic E-state index is 13.8. The lowest BCUT2D eigenvalue weighted by molar-refractivity contribution is -0.136. The van der Waals surface area contributed by atoms with Crippen LogP contribution >= 0.6 is 0 Å². The van der Waals surface area contributed by atoms with Gasteiger partial charge in [-0.05, 0) is 89.9 Å². The molecule has 7 nitrogen and oxygen atoms in total. The summed E-state index contributed by atoms with van der Waals surface area (Å²) in [7, 11) is 0. The summed E-state index contributed by atoms with van der Waals surface area (Å²) in [4.78, 5) is 38.6. The third-order valence-corrected chi connectivity index (χ3v) is 7.49. The van der Waals surface area contributed by atoms with Crippen LogP contribution in [0.1, 0.15) is 53.6 Å². The van der Waals surface area contributed by atoms with Crippen LogP contribution in [0.5, 0.6) is 0 Å². The molecule has 1 aliphatic rings. The standard InChI is InChI=1S/C36H35N3O4/c40-34(41)22-23-37-35(42)30-16-14-26(15-17-30)25-39(33-20-18-29(19-21-33)27-8-3-1-4-9-27)36(43)38-32-13-7-12-31(24-32)28-10-5-2-6-11-28/h2,5-8,10-21,24H,1,3-4,9,22-23,25H2,(H,37,42)(H,38,43)(H,40,41). The molecule has 0 saturated heterocycles. The molecule has 3 N–H and O–H groups in total. The number of carboxylic acid groups (broad SMARTS) is 1. The fraction of sp³-hybridized carbons (Fsp3) is 0.194. The lowest BCUT2D eigenvalue weighted by Crippen LogP contribution is -2.34. The van der Waals surface area contributed by atoms with Crippen LogP contribution in [0.25, 0.3) is 16.7 Å². The highest BCUT2D eigenvalue weighted by molar-refractivity contribution is 6.02. The molecule has 218 valence electrons. The fourth-order valence-corrected chi connectivity index (χ4v) is 5.16. The van der Waals surface area contributed by atoms with Crippen molar-refractivity contribution in [2.24, 2.45) is 0 Å². The largest absolute Gasteiger partial charge is 0.481 e. The molecular weight excluding hydrogens is 538 g/mol. The Hall–Kier alpha value is -5.17. The Labute approximate surface area is 251 Å². The molecule has 0 heterocycles. The van der Waals surface area contributed by atoms with Crippen molar-refractivity contribution in [3.8, 4) is 11.1 Å². The summed E-state index contributed by atoms with van der Waals surface area (Å²) in [6.07, 6.45) is 6.75. The van der Waals surface area contributed by atoms with Gasteiger partial charge in [-0.25, -0.2) is 4.79 Å². The highest BCUT2D eigenvalue weighted by Crippen LogP contribution is 2.29. The van der Waals surface area contributed by atoms with E-state index in [0.29, 0.717) is 11.3 Å². The molecule has 0 spiro atoms. The summed E-state index contributed by atoms with van der Waals surface area (Å²) in [6.45, 7) is 0.343. The van der Waals surface area contributed by atoms with Crippen LogP contribution in [0.4, 0.5) is 16.2 Å². The van der Waals surface area contributed by atoms with E-state index in [-0.39, 0.29) is 31.4 Å². The minimum atomic E-state index is -0.968. The van der Waals surface area contributed by atoms with Gasteiger partial charge in [-0.15, -0.1) is 0 Å². The summed E-state index contributed by atoms with van der Waals surface area (Å²) >= 11 is 0. The van der Waals surface area contributed by atoms with Crippen LogP contribution < -0.4 is 15.5 Å². The third kappa shape index (κ3) is 7.98. The third-order valence-electron chi connectivity index (χ3n) is 7.49. The van der Waals surface area contributed by atoms with E-state index in [1.54, 1.807) is 17.0 Å². The van der Waals surface area contributed by atoms with Crippen molar-refractivity contribution in [1.82, 2.24) is 5.32 Å². The van der Waals surface area contributed by atoms with E-state index in [2.05, 4.69) is 28.8 Å². The number of hydrogen-bond acceptors (Lipinski definition) is 3. The number of nitrogens with one attached hydrogen (secondary N) is 2. The number of amides is 3. The monoisotopic (exact) mass is 573 g/mol. The molecule has 1 aliphatic carbocycles. The molecule has 0 unspecified atom stereocenters. The van der Waals surface area contributed by atoms with Gasteiger partial charge in [0.1, 0.15) is 0 Å². The number of urea groups is 1. The number of anilines is 2. The van der Waals surface area contributed by atoms with Gasteiger partial charge in [0.15, 0.2) is 0 Å². The van der Waals surface area contributed by atoms with Crippen molar-refractivity contribution in [3.63, 3.8) is 0 Å². The van der Waals surface area contributed by atoms with Crippen LogP contribution in [-0.2, 0) is 11.3 Å². The molecule has 0 atom stereocenters. The number of nitrogens with zero attached hydrogens (tertiary/aromatic N) is 1. The molecule has 4 aromatic carbocycles. The molecular formula is C36H35N3O4. The van der Waals surface area contributed by atoms with Crippen LogP contribution in [0, 0.1) is 0 Å². The van der Waals surface area contributed by atoms with Crippen molar-refractivity contribution in [3.05, 3.63) is 126 Å². The molecule has 0 aliphatic heterocycles. The second kappa shape index (κ2) is 14.1. The van der Waals surface area contributed by atoms with E-state index in [1.165, 1.54) is 24.0 Å². The second-order valence-electron chi connectivity index (χ2n) is 10.6. The number of aliphatic carboxylic acids is 1. The zero-order chi connectivity index (χ0) is 30.0. The first kappa shape index (κ1) is 29.3. The van der Waals surface area contributed by atoms with Gasteiger partial charge in [0.2, 0.25) is 0 Å². The van der Waals surface area contributed by atoms with Gasteiger partial charge in [0.05, 0.1) is 13.0 Å². The first-order valence-corrected chi connectivity index (χ1v) is 14.6. The first-order chi connectivity index (χ1) is 21.0. The van der Waals surface area contributed by atoms with Crippen LogP contribution in [-0.4, -0.2) is 29.6 Å². The minimum Gasteiger partial charge on any atom is -0.481 e. The van der Waals surface area contributed by atoms with Crippen LogP contribution in [0.2, 0.25) is 0 Å². The highest BCUT2D eigenvalue weighted by atomic mass is 16.4. The predicted molar refractivity (Wildman–Crippen MR) is 171 cm³/mol. The average Bonchev–Trinajstić information content (AvgIpc) is 3.05. The van der Waals surface area contributed by atoms with Gasteiger partial charge in [-0.3, -0.25) is 14.5 Å². The van der Waals surface area contributed by atoms with Gasteiger partial charge in [0, 0.05) is 23.5 Å². The van der Waals surface area contributed by atoms with Crippen molar-refractivity contribution in [1.29, 1.82) is 0 Å². The van der Waals surface area contributed by atoms with Crippen molar-refractivity contribution < 1.29 is 19.5 Å². The maximum atomic E-state index is 13.8. The Morgan fingerprint density at radius 3 is 2.21 bits per heavy atom.